The Morgan fingerprint density at radius 2 is 1.50 bits per heavy atom. The molecule has 2 aromatic heterocycles. The molecule has 0 unspecified atom stereocenters. The van der Waals surface area contributed by atoms with Gasteiger partial charge in [0.2, 0.25) is 11.6 Å². The maximum atomic E-state index is 12.9. The minimum Gasteiger partial charge on any atom is -0.493 e. The molecule has 10 heteroatoms. The van der Waals surface area contributed by atoms with Gasteiger partial charge in [-0.2, -0.15) is 0 Å². The van der Waals surface area contributed by atoms with Crippen LogP contribution >= 0.6 is 12.2 Å². The van der Waals surface area contributed by atoms with E-state index in [1.54, 1.807) is 37.2 Å². The third kappa shape index (κ3) is 3.48. The number of hydrogen-bond acceptors (Lipinski definition) is 6. The molecule has 0 fully saturated rings. The summed E-state index contributed by atoms with van der Waals surface area (Å²) in [6.45, 7) is 10.1. The second-order valence-electron chi connectivity index (χ2n) is 6.53. The highest BCUT2D eigenvalue weighted by Gasteiger charge is 2.20. The van der Waals surface area contributed by atoms with E-state index in [1.807, 2.05) is 13.8 Å². The van der Waals surface area contributed by atoms with E-state index < -0.39 is 5.56 Å². The molecule has 9 nitrogen and oxygen atoms in total. The second-order valence-corrected chi connectivity index (χ2v) is 6.89. The lowest BCUT2D eigenvalue weighted by atomic mass is 10.2. The van der Waals surface area contributed by atoms with Crippen LogP contribution < -0.4 is 11.1 Å². The van der Waals surface area contributed by atoms with Crippen molar-refractivity contribution < 1.29 is 5.11 Å². The van der Waals surface area contributed by atoms with E-state index in [9.17, 15) is 14.7 Å². The molecule has 28 heavy (non-hydrogen) atoms. The van der Waals surface area contributed by atoms with Crippen molar-refractivity contribution in [2.45, 2.75) is 66.6 Å². The van der Waals surface area contributed by atoms with Crippen LogP contribution in [0, 0.1) is 11.7 Å². The fourth-order valence-electron chi connectivity index (χ4n) is 3.30. The Morgan fingerprint density at radius 3 is 2.00 bits per heavy atom. The minimum absolute atomic E-state index is 0.0487. The molecule has 0 aromatic carbocycles. The van der Waals surface area contributed by atoms with E-state index in [1.165, 1.54) is 9.13 Å². The van der Waals surface area contributed by atoms with Crippen LogP contribution in [0.25, 0.3) is 0 Å². The lowest BCUT2D eigenvalue weighted by Gasteiger charge is -2.17. The first-order valence-corrected chi connectivity index (χ1v) is 9.92. The molecule has 0 bridgehead atoms. The van der Waals surface area contributed by atoms with E-state index in [4.69, 9.17) is 12.2 Å². The Hall–Kier alpha value is -2.49. The maximum Gasteiger partial charge on any atom is 0.295 e. The SMILES string of the molecule is CCC(CC)n1c(=O)c(N=Nc2c(O)n(CC)c(=S)n(CC)c2=O)c(C)n1C. The van der Waals surface area contributed by atoms with Crippen molar-refractivity contribution in [3.8, 4) is 5.88 Å². The van der Waals surface area contributed by atoms with Gasteiger partial charge in [-0.05, 0) is 45.8 Å². The average Bonchev–Trinajstić information content (AvgIpc) is 2.87. The number of rotatable bonds is 7. The highest BCUT2D eigenvalue weighted by Crippen LogP contribution is 2.26. The van der Waals surface area contributed by atoms with Gasteiger partial charge in [0.1, 0.15) is 0 Å². The highest BCUT2D eigenvalue weighted by molar-refractivity contribution is 7.71. The van der Waals surface area contributed by atoms with Crippen molar-refractivity contribution >= 4 is 23.6 Å². The van der Waals surface area contributed by atoms with Crippen LogP contribution in [-0.4, -0.2) is 23.6 Å². The summed E-state index contributed by atoms with van der Waals surface area (Å²) in [7, 11) is 1.80. The lowest BCUT2D eigenvalue weighted by Crippen LogP contribution is -2.26. The Morgan fingerprint density at radius 1 is 0.964 bits per heavy atom. The summed E-state index contributed by atoms with van der Waals surface area (Å²) in [6.07, 6.45) is 1.62. The number of aromatic nitrogens is 4. The summed E-state index contributed by atoms with van der Waals surface area (Å²) in [5.41, 5.74) is -0.238. The topological polar surface area (TPSA) is 98.8 Å². The summed E-state index contributed by atoms with van der Waals surface area (Å²) < 4.78 is 6.39. The Labute approximate surface area is 168 Å². The first kappa shape index (κ1) is 21.8. The van der Waals surface area contributed by atoms with Crippen molar-refractivity contribution in [3.63, 3.8) is 0 Å². The quantitative estimate of drug-likeness (QED) is 0.558. The van der Waals surface area contributed by atoms with Crippen molar-refractivity contribution in [2.75, 3.05) is 0 Å². The summed E-state index contributed by atoms with van der Waals surface area (Å²) >= 11 is 5.26. The Kier molecular flexibility index (Phi) is 6.76. The third-order valence-electron chi connectivity index (χ3n) is 5.11. The second kappa shape index (κ2) is 8.68. The van der Waals surface area contributed by atoms with Crippen LogP contribution in [0.1, 0.15) is 52.3 Å². The van der Waals surface area contributed by atoms with Crippen LogP contribution in [0.15, 0.2) is 19.8 Å². The number of nitrogens with zero attached hydrogens (tertiary/aromatic N) is 6. The van der Waals surface area contributed by atoms with E-state index >= 15 is 0 Å². The summed E-state index contributed by atoms with van der Waals surface area (Å²) in [6, 6.07) is 0.0487. The summed E-state index contributed by atoms with van der Waals surface area (Å²) in [5, 5.41) is 18.5. The van der Waals surface area contributed by atoms with Gasteiger partial charge < -0.3 is 5.11 Å². The molecule has 0 radical (unpaired) electrons. The zero-order chi connectivity index (χ0) is 21.2. The van der Waals surface area contributed by atoms with Gasteiger partial charge in [-0.3, -0.25) is 23.4 Å². The highest BCUT2D eigenvalue weighted by atomic mass is 32.1. The van der Waals surface area contributed by atoms with Gasteiger partial charge >= 0.3 is 0 Å². The van der Waals surface area contributed by atoms with Crippen molar-refractivity contribution in [1.29, 1.82) is 0 Å². The molecule has 0 aliphatic rings. The number of aromatic hydroxyl groups is 1. The molecule has 0 aliphatic heterocycles. The summed E-state index contributed by atoms with van der Waals surface area (Å²) in [4.78, 5) is 25.5. The zero-order valence-electron chi connectivity index (χ0n) is 17.3. The van der Waals surface area contributed by atoms with Gasteiger partial charge in [-0.15, -0.1) is 10.2 Å². The Balaban J connectivity index is 2.69. The fourth-order valence-corrected chi connectivity index (χ4v) is 3.73. The standard InChI is InChI=1S/C18H28N6O3S/c1-7-12(8-2)24-17(27)13(11(5)21(24)6)19-20-14-15(25)22(9-3)18(28)23(10-4)16(14)26/h12,25H,7-10H2,1-6H3. The molecule has 0 saturated heterocycles. The van der Waals surface area contributed by atoms with Gasteiger partial charge in [0.25, 0.3) is 11.1 Å². The summed E-state index contributed by atoms with van der Waals surface area (Å²) in [5.74, 6) is -0.347. The predicted octanol–water partition coefficient (Wildman–Crippen LogP) is 3.71. The van der Waals surface area contributed by atoms with Gasteiger partial charge in [0.05, 0.1) is 11.7 Å². The van der Waals surface area contributed by atoms with Crippen molar-refractivity contribution in [2.24, 2.45) is 17.3 Å². The largest absolute Gasteiger partial charge is 0.493 e. The Bertz CT molecular complexity index is 1070. The molecule has 0 aliphatic carbocycles. The van der Waals surface area contributed by atoms with E-state index in [0.717, 1.165) is 12.8 Å². The van der Waals surface area contributed by atoms with Gasteiger partial charge in [0, 0.05) is 20.1 Å². The van der Waals surface area contributed by atoms with Crippen LogP contribution in [-0.2, 0) is 20.1 Å². The van der Waals surface area contributed by atoms with Gasteiger partial charge in [-0.25, -0.2) is 4.68 Å². The molecule has 0 amide bonds. The molecule has 0 atom stereocenters. The molecule has 2 rings (SSSR count). The van der Waals surface area contributed by atoms with Crippen molar-refractivity contribution in [1.82, 2.24) is 18.5 Å². The van der Waals surface area contributed by atoms with Gasteiger partial charge in [-0.1, -0.05) is 13.8 Å². The number of azo groups is 1. The van der Waals surface area contributed by atoms with Crippen molar-refractivity contribution in [3.05, 3.63) is 31.2 Å². The zero-order valence-corrected chi connectivity index (χ0v) is 18.1. The lowest BCUT2D eigenvalue weighted by molar-refractivity contribution is 0.363. The molecule has 154 valence electrons. The molecule has 1 N–H and O–H groups in total. The maximum absolute atomic E-state index is 12.9. The molecule has 2 heterocycles. The fraction of sp³-hybridized carbons (Fsp3) is 0.611. The molecular weight excluding hydrogens is 380 g/mol. The normalized spacial score (nSPS) is 11.8. The minimum atomic E-state index is -0.535. The number of hydrogen-bond donors (Lipinski definition) is 1. The first-order chi connectivity index (χ1) is 13.2. The van der Waals surface area contributed by atoms with E-state index in [2.05, 4.69) is 10.2 Å². The average molecular weight is 409 g/mol. The monoisotopic (exact) mass is 408 g/mol. The molecule has 0 saturated carbocycles. The third-order valence-corrected chi connectivity index (χ3v) is 5.55. The smallest absolute Gasteiger partial charge is 0.295 e. The van der Waals surface area contributed by atoms with Crippen LogP contribution in [0.4, 0.5) is 11.4 Å². The van der Waals surface area contributed by atoms with E-state index in [0.29, 0.717) is 18.8 Å². The van der Waals surface area contributed by atoms with E-state index in [-0.39, 0.29) is 33.6 Å². The van der Waals surface area contributed by atoms with Crippen LogP contribution in [0.3, 0.4) is 0 Å². The van der Waals surface area contributed by atoms with Crippen LogP contribution in [0.5, 0.6) is 5.88 Å². The van der Waals surface area contributed by atoms with Crippen LogP contribution in [0.2, 0.25) is 0 Å². The molecule has 2 aromatic rings. The molecule has 0 spiro atoms. The molecular formula is C18H28N6O3S. The van der Waals surface area contributed by atoms with Gasteiger partial charge in [0.15, 0.2) is 10.5 Å². The predicted molar refractivity (Wildman–Crippen MR) is 111 cm³/mol. The first-order valence-electron chi connectivity index (χ1n) is 9.51.